The fraction of sp³-hybridized carbons (Fsp3) is 0.174. The number of anilines is 2. The van der Waals surface area contributed by atoms with Crippen LogP contribution in [-0.4, -0.2) is 29.5 Å². The molecule has 3 aromatic rings. The molecule has 0 aliphatic carbocycles. The number of pyridine rings is 1. The zero-order valence-corrected chi connectivity index (χ0v) is 18.3. The molecule has 0 radical (unpaired) electrons. The van der Waals surface area contributed by atoms with Gasteiger partial charge in [0.25, 0.3) is 5.91 Å². The molecule has 1 heterocycles. The first-order chi connectivity index (χ1) is 14.9. The van der Waals surface area contributed by atoms with Crippen LogP contribution in [0.5, 0.6) is 0 Å². The Bertz CT molecular complexity index is 1040. The molecule has 160 valence electrons. The van der Waals surface area contributed by atoms with Crippen LogP contribution in [0.4, 0.5) is 11.4 Å². The van der Waals surface area contributed by atoms with Gasteiger partial charge in [-0.3, -0.25) is 14.6 Å². The number of esters is 1. The first-order valence-electron chi connectivity index (χ1n) is 9.60. The molecule has 0 bridgehead atoms. The van der Waals surface area contributed by atoms with Gasteiger partial charge < -0.3 is 15.4 Å². The summed E-state index contributed by atoms with van der Waals surface area (Å²) in [5, 5.41) is 6.87. The largest absolute Gasteiger partial charge is 0.461 e. The molecule has 6 nitrogen and oxygen atoms in total. The van der Waals surface area contributed by atoms with Crippen LogP contribution < -0.4 is 10.6 Å². The topological polar surface area (TPSA) is 80.3 Å². The van der Waals surface area contributed by atoms with E-state index >= 15 is 0 Å². The van der Waals surface area contributed by atoms with Crippen molar-refractivity contribution in [3.63, 3.8) is 0 Å². The lowest BCUT2D eigenvalue weighted by Crippen LogP contribution is -2.33. The fourth-order valence-corrected chi connectivity index (χ4v) is 3.34. The van der Waals surface area contributed by atoms with E-state index < -0.39 is 12.1 Å². The number of hydrogen-bond acceptors (Lipinski definition) is 5. The molecule has 0 fully saturated rings. The fourth-order valence-electron chi connectivity index (χ4n) is 2.85. The van der Waals surface area contributed by atoms with Crippen molar-refractivity contribution in [1.82, 2.24) is 10.3 Å². The van der Waals surface area contributed by atoms with E-state index in [4.69, 9.17) is 27.9 Å². The molecule has 0 aliphatic heterocycles. The summed E-state index contributed by atoms with van der Waals surface area (Å²) >= 11 is 12.5. The van der Waals surface area contributed by atoms with Gasteiger partial charge in [0.15, 0.2) is 0 Å². The number of rotatable bonds is 8. The number of carbonyl (C=O) groups excluding carboxylic acids is 2. The molecule has 0 saturated carbocycles. The number of ether oxygens (including phenoxy) is 1. The van der Waals surface area contributed by atoms with Crippen molar-refractivity contribution in [2.24, 2.45) is 0 Å². The lowest BCUT2D eigenvalue weighted by Gasteiger charge is -2.16. The molecule has 1 amide bonds. The van der Waals surface area contributed by atoms with Crippen LogP contribution in [-0.2, 0) is 16.0 Å². The third-order valence-corrected chi connectivity index (χ3v) is 5.01. The summed E-state index contributed by atoms with van der Waals surface area (Å²) in [5.41, 5.74) is 2.44. The Morgan fingerprint density at radius 2 is 1.77 bits per heavy atom. The standard InChI is InChI=1S/C23H21Cl2N3O3/c1-15(13-27-23(30)17-7-5-11-26-14-17)31-21(29)12-16-6-2-3-10-20(16)28-22-18(24)8-4-9-19(22)25/h2-11,14-15,28H,12-13H2,1H3,(H,27,30). The number of aromatic nitrogens is 1. The van der Waals surface area contributed by atoms with Gasteiger partial charge in [-0.15, -0.1) is 0 Å². The maximum absolute atomic E-state index is 12.5. The highest BCUT2D eigenvalue weighted by Crippen LogP contribution is 2.33. The van der Waals surface area contributed by atoms with Crippen LogP contribution in [0, 0.1) is 0 Å². The van der Waals surface area contributed by atoms with Gasteiger partial charge in [-0.1, -0.05) is 47.5 Å². The number of benzene rings is 2. The minimum absolute atomic E-state index is 0.0478. The molecule has 2 aromatic carbocycles. The van der Waals surface area contributed by atoms with Crippen molar-refractivity contribution < 1.29 is 14.3 Å². The van der Waals surface area contributed by atoms with Gasteiger partial charge in [0.1, 0.15) is 6.10 Å². The third-order valence-electron chi connectivity index (χ3n) is 4.38. The van der Waals surface area contributed by atoms with Crippen molar-refractivity contribution in [2.75, 3.05) is 11.9 Å². The summed E-state index contributed by atoms with van der Waals surface area (Å²) in [6.07, 6.45) is 2.62. The molecule has 0 aliphatic rings. The van der Waals surface area contributed by atoms with Crippen molar-refractivity contribution in [2.45, 2.75) is 19.4 Å². The van der Waals surface area contributed by atoms with Gasteiger partial charge in [0.05, 0.1) is 34.3 Å². The van der Waals surface area contributed by atoms with Gasteiger partial charge in [0.2, 0.25) is 0 Å². The van der Waals surface area contributed by atoms with Gasteiger partial charge in [-0.25, -0.2) is 0 Å². The van der Waals surface area contributed by atoms with Crippen LogP contribution in [0.25, 0.3) is 0 Å². The number of para-hydroxylation sites is 2. The molecular formula is C23H21Cl2N3O3. The van der Waals surface area contributed by atoms with Crippen LogP contribution in [0.2, 0.25) is 10.0 Å². The lowest BCUT2D eigenvalue weighted by molar-refractivity contribution is -0.147. The smallest absolute Gasteiger partial charge is 0.310 e. The third kappa shape index (κ3) is 6.44. The average Bonchev–Trinajstić information content (AvgIpc) is 2.76. The zero-order chi connectivity index (χ0) is 22.2. The first-order valence-corrected chi connectivity index (χ1v) is 10.4. The normalized spacial score (nSPS) is 11.5. The maximum Gasteiger partial charge on any atom is 0.310 e. The number of hydrogen-bond donors (Lipinski definition) is 2. The highest BCUT2D eigenvalue weighted by Gasteiger charge is 2.15. The number of nitrogens with zero attached hydrogens (tertiary/aromatic N) is 1. The van der Waals surface area contributed by atoms with Crippen molar-refractivity contribution >= 4 is 46.5 Å². The van der Waals surface area contributed by atoms with E-state index in [9.17, 15) is 9.59 Å². The zero-order valence-electron chi connectivity index (χ0n) is 16.8. The number of amides is 1. The second kappa shape index (κ2) is 10.8. The molecule has 2 N–H and O–H groups in total. The van der Waals surface area contributed by atoms with Crippen LogP contribution in [0.3, 0.4) is 0 Å². The van der Waals surface area contributed by atoms with Gasteiger partial charge in [-0.05, 0) is 42.8 Å². The molecule has 1 aromatic heterocycles. The molecule has 1 unspecified atom stereocenters. The van der Waals surface area contributed by atoms with E-state index in [1.807, 2.05) is 24.3 Å². The monoisotopic (exact) mass is 457 g/mol. The maximum atomic E-state index is 12.5. The van der Waals surface area contributed by atoms with Crippen LogP contribution in [0.15, 0.2) is 67.0 Å². The number of nitrogens with one attached hydrogen (secondary N) is 2. The summed E-state index contributed by atoms with van der Waals surface area (Å²) in [6.45, 7) is 1.91. The number of carbonyl (C=O) groups is 2. The number of halogens is 2. The van der Waals surface area contributed by atoms with Gasteiger partial charge >= 0.3 is 5.97 Å². The Balaban J connectivity index is 1.57. The summed E-state index contributed by atoms with van der Waals surface area (Å²) in [5.74, 6) is -0.690. The average molecular weight is 458 g/mol. The Kier molecular flexibility index (Phi) is 7.87. The van der Waals surface area contributed by atoms with E-state index in [1.54, 1.807) is 43.5 Å². The van der Waals surface area contributed by atoms with E-state index in [0.29, 0.717) is 27.0 Å². The van der Waals surface area contributed by atoms with Gasteiger partial charge in [0, 0.05) is 18.1 Å². The van der Waals surface area contributed by atoms with E-state index in [2.05, 4.69) is 15.6 Å². The molecule has 31 heavy (non-hydrogen) atoms. The minimum atomic E-state index is -0.494. The molecular weight excluding hydrogens is 437 g/mol. The van der Waals surface area contributed by atoms with E-state index in [1.165, 1.54) is 6.20 Å². The van der Waals surface area contributed by atoms with Crippen LogP contribution >= 0.6 is 23.2 Å². The molecule has 0 spiro atoms. The van der Waals surface area contributed by atoms with Gasteiger partial charge in [-0.2, -0.15) is 0 Å². The van der Waals surface area contributed by atoms with Crippen molar-refractivity contribution in [3.05, 3.63) is 88.2 Å². The Morgan fingerprint density at radius 1 is 1.03 bits per heavy atom. The highest BCUT2D eigenvalue weighted by atomic mass is 35.5. The summed E-state index contributed by atoms with van der Waals surface area (Å²) in [7, 11) is 0. The lowest BCUT2D eigenvalue weighted by atomic mass is 10.1. The molecule has 3 rings (SSSR count). The predicted molar refractivity (Wildman–Crippen MR) is 122 cm³/mol. The minimum Gasteiger partial charge on any atom is -0.461 e. The SMILES string of the molecule is CC(CNC(=O)c1cccnc1)OC(=O)Cc1ccccc1Nc1c(Cl)cccc1Cl. The van der Waals surface area contributed by atoms with E-state index in [-0.39, 0.29) is 18.9 Å². The Morgan fingerprint density at radius 3 is 2.48 bits per heavy atom. The van der Waals surface area contributed by atoms with Crippen molar-refractivity contribution in [3.8, 4) is 0 Å². The molecule has 0 saturated heterocycles. The second-order valence-corrected chi connectivity index (χ2v) is 7.62. The molecule has 8 heteroatoms. The van der Waals surface area contributed by atoms with Crippen molar-refractivity contribution in [1.29, 1.82) is 0 Å². The summed E-state index contributed by atoms with van der Waals surface area (Å²) < 4.78 is 5.44. The molecule has 1 atom stereocenters. The first kappa shape index (κ1) is 22.6. The predicted octanol–water partition coefficient (Wildman–Crippen LogP) is 5.04. The highest BCUT2D eigenvalue weighted by molar-refractivity contribution is 6.39. The quantitative estimate of drug-likeness (QED) is 0.463. The Labute approximate surface area is 190 Å². The van der Waals surface area contributed by atoms with E-state index in [0.717, 1.165) is 5.56 Å². The summed E-state index contributed by atoms with van der Waals surface area (Å²) in [4.78, 5) is 28.4. The second-order valence-electron chi connectivity index (χ2n) is 6.81. The summed E-state index contributed by atoms with van der Waals surface area (Å²) in [6, 6.07) is 15.9. The Hall–Kier alpha value is -3.09. The van der Waals surface area contributed by atoms with Crippen LogP contribution in [0.1, 0.15) is 22.8 Å².